The lowest BCUT2D eigenvalue weighted by atomic mass is 10.1. The predicted molar refractivity (Wildman–Crippen MR) is 55.5 cm³/mol. The fraction of sp³-hybridized carbons (Fsp3) is 0.778. The van der Waals surface area contributed by atoms with Gasteiger partial charge < -0.3 is 15.7 Å². The number of hydrogen-bond donors (Lipinski definition) is 3. The molecule has 1 atom stereocenters. The van der Waals surface area contributed by atoms with Gasteiger partial charge in [0.05, 0.1) is 5.84 Å². The van der Waals surface area contributed by atoms with Gasteiger partial charge in [-0.3, -0.25) is 10.2 Å². The second-order valence-corrected chi connectivity index (χ2v) is 3.45. The lowest BCUT2D eigenvalue weighted by Crippen LogP contribution is -2.30. The van der Waals surface area contributed by atoms with Crippen LogP contribution in [0.3, 0.4) is 0 Å². The van der Waals surface area contributed by atoms with Crippen molar-refractivity contribution < 1.29 is 9.90 Å². The van der Waals surface area contributed by atoms with Crippen LogP contribution in [0.25, 0.3) is 0 Å². The Morgan fingerprint density at radius 3 is 2.57 bits per heavy atom. The van der Waals surface area contributed by atoms with Crippen LogP contribution in [0.15, 0.2) is 0 Å². The molecule has 0 aliphatic rings. The molecule has 0 heterocycles. The van der Waals surface area contributed by atoms with Gasteiger partial charge in [0.15, 0.2) is 0 Å². The molecule has 0 aliphatic carbocycles. The SMILES string of the molecule is CC(=N)N(C)CCCC[C@H](N)C(=O)O. The molecular weight excluding hydrogens is 182 g/mol. The van der Waals surface area contributed by atoms with Crippen LogP contribution in [-0.2, 0) is 4.79 Å². The minimum atomic E-state index is -0.943. The quantitative estimate of drug-likeness (QED) is 0.331. The van der Waals surface area contributed by atoms with E-state index < -0.39 is 12.0 Å². The number of rotatable bonds is 6. The van der Waals surface area contributed by atoms with Crippen LogP contribution in [0.2, 0.25) is 0 Å². The van der Waals surface area contributed by atoms with Crippen molar-refractivity contribution in [1.82, 2.24) is 4.90 Å². The molecule has 0 amide bonds. The van der Waals surface area contributed by atoms with E-state index in [0.717, 1.165) is 19.4 Å². The van der Waals surface area contributed by atoms with Crippen molar-refractivity contribution in [2.45, 2.75) is 32.2 Å². The van der Waals surface area contributed by atoms with Gasteiger partial charge >= 0.3 is 5.97 Å². The third-order valence-corrected chi connectivity index (χ3v) is 2.15. The van der Waals surface area contributed by atoms with Gasteiger partial charge in [0.25, 0.3) is 0 Å². The molecule has 5 nitrogen and oxygen atoms in total. The second kappa shape index (κ2) is 6.37. The van der Waals surface area contributed by atoms with Crippen molar-refractivity contribution in [3.63, 3.8) is 0 Å². The Kier molecular flexibility index (Phi) is 5.87. The van der Waals surface area contributed by atoms with E-state index in [1.165, 1.54) is 0 Å². The minimum absolute atomic E-state index is 0.500. The topological polar surface area (TPSA) is 90.4 Å². The summed E-state index contributed by atoms with van der Waals surface area (Å²) in [4.78, 5) is 12.2. The van der Waals surface area contributed by atoms with Gasteiger partial charge in [0, 0.05) is 13.6 Å². The summed E-state index contributed by atoms with van der Waals surface area (Å²) in [6.07, 6.45) is 2.15. The first kappa shape index (κ1) is 12.9. The molecule has 0 spiro atoms. The molecule has 0 saturated carbocycles. The molecule has 0 aromatic carbocycles. The number of carboxylic acids is 1. The number of nitrogens with zero attached hydrogens (tertiary/aromatic N) is 1. The van der Waals surface area contributed by atoms with Gasteiger partial charge in [0.2, 0.25) is 0 Å². The van der Waals surface area contributed by atoms with Crippen LogP contribution in [0.1, 0.15) is 26.2 Å². The maximum atomic E-state index is 10.4. The Balaban J connectivity index is 3.47. The van der Waals surface area contributed by atoms with Gasteiger partial charge in [-0.1, -0.05) is 0 Å². The van der Waals surface area contributed by atoms with Crippen LogP contribution in [0.4, 0.5) is 0 Å². The highest BCUT2D eigenvalue weighted by molar-refractivity contribution is 5.75. The van der Waals surface area contributed by atoms with Crippen molar-refractivity contribution in [3.05, 3.63) is 0 Å². The number of aliphatic carboxylic acids is 1. The number of unbranched alkanes of at least 4 members (excludes halogenated alkanes) is 1. The molecule has 0 unspecified atom stereocenters. The van der Waals surface area contributed by atoms with Crippen LogP contribution >= 0.6 is 0 Å². The summed E-state index contributed by atoms with van der Waals surface area (Å²) >= 11 is 0. The van der Waals surface area contributed by atoms with Gasteiger partial charge in [-0.2, -0.15) is 0 Å². The maximum Gasteiger partial charge on any atom is 0.320 e. The summed E-state index contributed by atoms with van der Waals surface area (Å²) in [5, 5.41) is 15.8. The smallest absolute Gasteiger partial charge is 0.320 e. The molecule has 0 radical (unpaired) electrons. The average Bonchev–Trinajstić information content (AvgIpc) is 2.11. The first-order chi connectivity index (χ1) is 6.45. The predicted octanol–water partition coefficient (Wildman–Crippen LogP) is 0.498. The molecule has 0 aromatic rings. The molecule has 0 aliphatic heterocycles. The Hall–Kier alpha value is -1.10. The van der Waals surface area contributed by atoms with Crippen molar-refractivity contribution in [2.24, 2.45) is 5.73 Å². The Morgan fingerprint density at radius 2 is 2.14 bits per heavy atom. The standard InChI is InChI=1S/C9H19N3O2/c1-7(10)12(2)6-4-3-5-8(11)9(13)14/h8,10H,3-6,11H2,1-2H3,(H,13,14)/t8-/m0/s1. The fourth-order valence-electron chi connectivity index (χ4n) is 1.00. The van der Waals surface area contributed by atoms with E-state index in [9.17, 15) is 4.79 Å². The Bertz CT molecular complexity index is 184. The molecule has 5 heteroatoms. The molecule has 0 saturated heterocycles. The number of hydrogen-bond acceptors (Lipinski definition) is 3. The average molecular weight is 201 g/mol. The lowest BCUT2D eigenvalue weighted by molar-refractivity contribution is -0.138. The van der Waals surface area contributed by atoms with Crippen LogP contribution in [-0.4, -0.2) is 41.4 Å². The van der Waals surface area contributed by atoms with E-state index in [0.29, 0.717) is 12.3 Å². The third kappa shape index (κ3) is 5.53. The van der Waals surface area contributed by atoms with Gasteiger partial charge in [-0.15, -0.1) is 0 Å². The van der Waals surface area contributed by atoms with Gasteiger partial charge in [-0.05, 0) is 26.2 Å². The van der Waals surface area contributed by atoms with Crippen molar-refractivity contribution >= 4 is 11.8 Å². The Morgan fingerprint density at radius 1 is 1.57 bits per heavy atom. The summed E-state index contributed by atoms with van der Waals surface area (Å²) in [6, 6.07) is -0.749. The zero-order chi connectivity index (χ0) is 11.1. The highest BCUT2D eigenvalue weighted by Gasteiger charge is 2.10. The first-order valence-corrected chi connectivity index (χ1v) is 4.70. The highest BCUT2D eigenvalue weighted by atomic mass is 16.4. The number of nitrogens with two attached hydrogens (primary N) is 1. The molecular formula is C9H19N3O2. The van der Waals surface area contributed by atoms with Crippen LogP contribution < -0.4 is 5.73 Å². The Labute approximate surface area is 84.4 Å². The van der Waals surface area contributed by atoms with Crippen molar-refractivity contribution in [2.75, 3.05) is 13.6 Å². The summed E-state index contributed by atoms with van der Waals surface area (Å²) in [6.45, 7) is 2.50. The second-order valence-electron chi connectivity index (χ2n) is 3.45. The van der Waals surface area contributed by atoms with Crippen molar-refractivity contribution in [3.8, 4) is 0 Å². The first-order valence-electron chi connectivity index (χ1n) is 4.70. The maximum absolute atomic E-state index is 10.4. The van der Waals surface area contributed by atoms with E-state index in [1.54, 1.807) is 6.92 Å². The molecule has 0 aromatic heterocycles. The molecule has 82 valence electrons. The molecule has 4 N–H and O–H groups in total. The van der Waals surface area contributed by atoms with E-state index in [2.05, 4.69) is 0 Å². The summed E-state index contributed by atoms with van der Waals surface area (Å²) in [5.74, 6) is -0.422. The zero-order valence-electron chi connectivity index (χ0n) is 8.79. The zero-order valence-corrected chi connectivity index (χ0v) is 8.79. The normalized spacial score (nSPS) is 12.2. The molecule has 0 bridgehead atoms. The van der Waals surface area contributed by atoms with Crippen molar-refractivity contribution in [1.29, 1.82) is 5.41 Å². The number of carbonyl (C=O) groups is 1. The summed E-state index contributed by atoms with van der Waals surface area (Å²) in [7, 11) is 1.85. The van der Waals surface area contributed by atoms with E-state index in [4.69, 9.17) is 16.2 Å². The van der Waals surface area contributed by atoms with Gasteiger partial charge in [-0.25, -0.2) is 0 Å². The molecule has 0 rings (SSSR count). The monoisotopic (exact) mass is 201 g/mol. The third-order valence-electron chi connectivity index (χ3n) is 2.15. The van der Waals surface area contributed by atoms with Crippen LogP contribution in [0, 0.1) is 5.41 Å². The number of carboxylic acid groups (broad SMARTS) is 1. The van der Waals surface area contributed by atoms with Crippen LogP contribution in [0.5, 0.6) is 0 Å². The minimum Gasteiger partial charge on any atom is -0.480 e. The summed E-state index contributed by atoms with van der Waals surface area (Å²) < 4.78 is 0. The number of nitrogens with one attached hydrogen (secondary N) is 1. The summed E-state index contributed by atoms with van der Waals surface area (Å²) in [5.41, 5.74) is 5.34. The van der Waals surface area contributed by atoms with E-state index in [1.807, 2.05) is 11.9 Å². The fourth-order valence-corrected chi connectivity index (χ4v) is 1.00. The molecule has 14 heavy (non-hydrogen) atoms. The number of amidine groups is 1. The largest absolute Gasteiger partial charge is 0.480 e. The van der Waals surface area contributed by atoms with Gasteiger partial charge in [0.1, 0.15) is 6.04 Å². The van der Waals surface area contributed by atoms with E-state index >= 15 is 0 Å². The molecule has 0 fully saturated rings. The lowest BCUT2D eigenvalue weighted by Gasteiger charge is -2.16. The van der Waals surface area contributed by atoms with E-state index in [-0.39, 0.29) is 0 Å². The highest BCUT2D eigenvalue weighted by Crippen LogP contribution is 2.00.